The van der Waals surface area contributed by atoms with Gasteiger partial charge >= 0.3 is 0 Å². The van der Waals surface area contributed by atoms with Crippen molar-refractivity contribution >= 4 is 33.0 Å². The van der Waals surface area contributed by atoms with Crippen LogP contribution in [0.15, 0.2) is 24.3 Å². The quantitative estimate of drug-likeness (QED) is 0.804. The third-order valence-corrected chi connectivity index (χ3v) is 7.74. The molecular formula is C18H21N3O3S2. The Kier molecular flexibility index (Phi) is 3.98. The summed E-state index contributed by atoms with van der Waals surface area (Å²) in [5.41, 5.74) is 2.02. The fourth-order valence-electron chi connectivity index (χ4n) is 3.95. The van der Waals surface area contributed by atoms with Crippen LogP contribution in [0.5, 0.6) is 0 Å². The lowest BCUT2D eigenvalue weighted by molar-refractivity contribution is -0.122. The molecule has 4 rings (SSSR count). The van der Waals surface area contributed by atoms with Crippen LogP contribution >= 0.6 is 11.3 Å². The van der Waals surface area contributed by atoms with Crippen LogP contribution in [0.3, 0.4) is 0 Å². The van der Waals surface area contributed by atoms with Crippen molar-refractivity contribution < 1.29 is 13.2 Å². The first kappa shape index (κ1) is 17.6. The molecule has 1 aromatic heterocycles. The minimum Gasteiger partial charge on any atom is -0.304 e. The van der Waals surface area contributed by atoms with Gasteiger partial charge in [-0.15, -0.1) is 11.3 Å². The van der Waals surface area contributed by atoms with Gasteiger partial charge in [-0.2, -0.15) is 0 Å². The van der Waals surface area contributed by atoms with Crippen LogP contribution in [0.2, 0.25) is 0 Å². The predicted molar refractivity (Wildman–Crippen MR) is 102 cm³/mol. The van der Waals surface area contributed by atoms with Crippen LogP contribution in [0.4, 0.5) is 5.69 Å². The van der Waals surface area contributed by atoms with Crippen molar-refractivity contribution in [2.75, 3.05) is 24.2 Å². The highest BCUT2D eigenvalue weighted by Crippen LogP contribution is 2.48. The molecule has 138 valence electrons. The van der Waals surface area contributed by atoms with Crippen molar-refractivity contribution in [3.8, 4) is 0 Å². The molecule has 2 aromatic rings. The summed E-state index contributed by atoms with van der Waals surface area (Å²) in [6, 6.07) is 7.73. The first-order valence-corrected chi connectivity index (χ1v) is 11.2. The smallest absolute Gasteiger partial charge is 0.239 e. The van der Waals surface area contributed by atoms with Gasteiger partial charge in [-0.1, -0.05) is 18.2 Å². The molecule has 0 saturated carbocycles. The number of carbonyl (C=O) groups is 1. The van der Waals surface area contributed by atoms with E-state index in [0.29, 0.717) is 19.5 Å². The van der Waals surface area contributed by atoms with E-state index in [1.54, 1.807) is 16.2 Å². The van der Waals surface area contributed by atoms with Crippen molar-refractivity contribution in [2.45, 2.75) is 32.2 Å². The SMILES string of the molecule is Cc1nc(CN2C(=O)C3(CCN(S(C)(=O)=O)C3)c3ccccc32)sc1C. The zero-order valence-corrected chi connectivity index (χ0v) is 16.7. The zero-order chi connectivity index (χ0) is 18.7. The normalized spacial score (nSPS) is 23.2. The van der Waals surface area contributed by atoms with Gasteiger partial charge in [0.25, 0.3) is 0 Å². The second-order valence-electron chi connectivity index (χ2n) is 7.09. The van der Waals surface area contributed by atoms with E-state index in [-0.39, 0.29) is 12.5 Å². The minimum atomic E-state index is -3.32. The Labute approximate surface area is 157 Å². The highest BCUT2D eigenvalue weighted by atomic mass is 32.2. The maximum atomic E-state index is 13.4. The highest BCUT2D eigenvalue weighted by Gasteiger charge is 2.55. The van der Waals surface area contributed by atoms with Crippen LogP contribution in [0, 0.1) is 13.8 Å². The predicted octanol–water partition coefficient (Wildman–Crippen LogP) is 2.21. The number of sulfonamides is 1. The molecule has 1 spiro atoms. The molecule has 2 aliphatic rings. The van der Waals surface area contributed by atoms with E-state index in [1.165, 1.54) is 10.6 Å². The Balaban J connectivity index is 1.74. The van der Waals surface area contributed by atoms with Crippen molar-refractivity contribution in [3.05, 3.63) is 45.4 Å². The summed E-state index contributed by atoms with van der Waals surface area (Å²) in [4.78, 5) is 20.9. The molecule has 26 heavy (non-hydrogen) atoms. The molecule has 3 heterocycles. The largest absolute Gasteiger partial charge is 0.304 e. The molecule has 0 N–H and O–H groups in total. The number of aryl methyl sites for hydroxylation is 2. The van der Waals surface area contributed by atoms with Gasteiger partial charge in [0, 0.05) is 23.7 Å². The number of rotatable bonds is 3. The number of fused-ring (bicyclic) bond motifs is 2. The monoisotopic (exact) mass is 391 g/mol. The third kappa shape index (κ3) is 2.59. The van der Waals surface area contributed by atoms with Crippen LogP contribution < -0.4 is 4.90 Å². The van der Waals surface area contributed by atoms with Crippen LogP contribution in [0.1, 0.15) is 27.6 Å². The van der Waals surface area contributed by atoms with E-state index in [0.717, 1.165) is 26.8 Å². The lowest BCUT2D eigenvalue weighted by Gasteiger charge is -2.23. The van der Waals surface area contributed by atoms with Gasteiger partial charge in [0.1, 0.15) is 5.01 Å². The molecule has 2 aliphatic heterocycles. The van der Waals surface area contributed by atoms with Crippen LogP contribution in [-0.2, 0) is 26.8 Å². The molecule has 6 nitrogen and oxygen atoms in total. The second kappa shape index (κ2) is 5.87. The molecule has 1 atom stereocenters. The number of thiazole rings is 1. The Morgan fingerprint density at radius 2 is 2.00 bits per heavy atom. The van der Waals surface area contributed by atoms with Gasteiger partial charge in [0.2, 0.25) is 15.9 Å². The number of amides is 1. The van der Waals surface area contributed by atoms with Gasteiger partial charge in [0.15, 0.2) is 0 Å². The second-order valence-corrected chi connectivity index (χ2v) is 10.4. The van der Waals surface area contributed by atoms with Gasteiger partial charge < -0.3 is 4.90 Å². The van der Waals surface area contributed by atoms with Crippen molar-refractivity contribution in [2.24, 2.45) is 0 Å². The zero-order valence-electron chi connectivity index (χ0n) is 15.0. The van der Waals surface area contributed by atoms with Gasteiger partial charge in [-0.3, -0.25) is 4.79 Å². The van der Waals surface area contributed by atoms with E-state index >= 15 is 0 Å². The summed E-state index contributed by atoms with van der Waals surface area (Å²) < 4.78 is 25.4. The van der Waals surface area contributed by atoms with Crippen molar-refractivity contribution in [1.82, 2.24) is 9.29 Å². The Bertz CT molecular complexity index is 979. The number of hydrogen-bond donors (Lipinski definition) is 0. The van der Waals surface area contributed by atoms with Gasteiger partial charge in [-0.25, -0.2) is 17.7 Å². The molecule has 0 aliphatic carbocycles. The number of anilines is 1. The van der Waals surface area contributed by atoms with Gasteiger partial charge in [0.05, 0.1) is 23.9 Å². The number of para-hydroxylation sites is 1. The van der Waals surface area contributed by atoms with Crippen LogP contribution in [-0.4, -0.2) is 43.0 Å². The molecule has 8 heteroatoms. The summed E-state index contributed by atoms with van der Waals surface area (Å²) in [7, 11) is -3.32. The van der Waals surface area contributed by atoms with E-state index in [4.69, 9.17) is 0 Å². The van der Waals surface area contributed by atoms with E-state index < -0.39 is 15.4 Å². The summed E-state index contributed by atoms with van der Waals surface area (Å²) in [6.07, 6.45) is 1.72. The number of hydrogen-bond acceptors (Lipinski definition) is 5. The van der Waals surface area contributed by atoms with Crippen LogP contribution in [0.25, 0.3) is 0 Å². The first-order valence-electron chi connectivity index (χ1n) is 8.52. The summed E-state index contributed by atoms with van der Waals surface area (Å²) in [6.45, 7) is 5.02. The molecule has 1 amide bonds. The average molecular weight is 392 g/mol. The number of carbonyl (C=O) groups excluding carboxylic acids is 1. The molecule has 1 saturated heterocycles. The Morgan fingerprint density at radius 1 is 1.27 bits per heavy atom. The van der Waals surface area contributed by atoms with E-state index in [2.05, 4.69) is 4.98 Å². The van der Waals surface area contributed by atoms with E-state index in [9.17, 15) is 13.2 Å². The Hall–Kier alpha value is -1.77. The molecular weight excluding hydrogens is 370 g/mol. The maximum absolute atomic E-state index is 13.4. The topological polar surface area (TPSA) is 70.6 Å². The highest BCUT2D eigenvalue weighted by molar-refractivity contribution is 7.88. The fraction of sp³-hybridized carbons (Fsp3) is 0.444. The van der Waals surface area contributed by atoms with E-state index in [1.807, 2.05) is 38.1 Å². The van der Waals surface area contributed by atoms with Crippen molar-refractivity contribution in [3.63, 3.8) is 0 Å². The lowest BCUT2D eigenvalue weighted by Crippen LogP contribution is -2.42. The number of aromatic nitrogens is 1. The molecule has 0 radical (unpaired) electrons. The summed E-state index contributed by atoms with van der Waals surface area (Å²) in [5.74, 6) is -0.0182. The third-order valence-electron chi connectivity index (χ3n) is 5.43. The van der Waals surface area contributed by atoms with Crippen molar-refractivity contribution in [1.29, 1.82) is 0 Å². The first-order chi connectivity index (χ1) is 12.2. The number of nitrogens with zero attached hydrogens (tertiary/aromatic N) is 3. The van der Waals surface area contributed by atoms with Gasteiger partial charge in [-0.05, 0) is 31.9 Å². The molecule has 0 bridgehead atoms. The molecule has 1 aromatic carbocycles. The molecule has 1 unspecified atom stereocenters. The summed E-state index contributed by atoms with van der Waals surface area (Å²) in [5, 5.41) is 0.901. The average Bonchev–Trinajstić information content (AvgIpc) is 3.22. The molecule has 1 fully saturated rings. The summed E-state index contributed by atoms with van der Waals surface area (Å²) >= 11 is 1.60. The fourth-order valence-corrected chi connectivity index (χ4v) is 5.75. The standard InChI is InChI=1S/C18H21N3O3S2/c1-12-13(2)25-16(19-12)10-21-15-7-5-4-6-14(15)18(17(21)22)8-9-20(11-18)26(3,23)24/h4-7H,8-11H2,1-3H3. The maximum Gasteiger partial charge on any atom is 0.239 e. The number of benzene rings is 1. The lowest BCUT2D eigenvalue weighted by atomic mass is 9.81. The Morgan fingerprint density at radius 3 is 2.62 bits per heavy atom. The minimum absolute atomic E-state index is 0.0182.